The number of hydrogen-bond acceptors (Lipinski definition) is 2. The number of nitrogens with zero attached hydrogens (tertiary/aromatic N) is 2. The van der Waals surface area contributed by atoms with Gasteiger partial charge in [0.15, 0.2) is 0 Å². The number of aromatic nitrogens is 2. The highest BCUT2D eigenvalue weighted by molar-refractivity contribution is 6.33. The van der Waals surface area contributed by atoms with Crippen LogP contribution in [-0.4, -0.2) is 16.9 Å². The summed E-state index contributed by atoms with van der Waals surface area (Å²) in [5, 5.41) is 4.94. The van der Waals surface area contributed by atoms with Gasteiger partial charge in [-0.25, -0.2) is 0 Å². The van der Waals surface area contributed by atoms with Crippen molar-refractivity contribution in [3.05, 3.63) is 35.5 Å². The molecule has 0 saturated carbocycles. The second-order valence-electron chi connectivity index (χ2n) is 4.08. The lowest BCUT2D eigenvalue weighted by atomic mass is 10.1. The maximum absolute atomic E-state index is 6.21. The summed E-state index contributed by atoms with van der Waals surface area (Å²) in [5.41, 5.74) is 1.87. The molecule has 3 nitrogen and oxygen atoms in total. The van der Waals surface area contributed by atoms with E-state index in [1.165, 1.54) is 0 Å². The van der Waals surface area contributed by atoms with Gasteiger partial charge in [0.2, 0.25) is 0 Å². The molecule has 1 heterocycles. The molecule has 0 unspecified atom stereocenters. The molecular formula is C13H15ClN2O. The van der Waals surface area contributed by atoms with Crippen molar-refractivity contribution in [3.63, 3.8) is 0 Å². The van der Waals surface area contributed by atoms with Crippen LogP contribution < -0.4 is 4.74 Å². The maximum Gasteiger partial charge on any atom is 0.128 e. The van der Waals surface area contributed by atoms with Crippen molar-refractivity contribution in [3.8, 4) is 17.0 Å². The first-order valence-electron chi connectivity index (χ1n) is 5.51. The molecule has 2 rings (SSSR count). The minimum absolute atomic E-state index is 0.252. The van der Waals surface area contributed by atoms with E-state index in [1.807, 2.05) is 28.9 Å². The van der Waals surface area contributed by atoms with Crippen LogP contribution in [-0.2, 0) is 0 Å². The summed E-state index contributed by atoms with van der Waals surface area (Å²) in [7, 11) is 1.66. The summed E-state index contributed by atoms with van der Waals surface area (Å²) in [4.78, 5) is 0. The van der Waals surface area contributed by atoms with E-state index in [1.54, 1.807) is 13.3 Å². The third-order valence-corrected chi connectivity index (χ3v) is 2.88. The largest absolute Gasteiger partial charge is 0.496 e. The Morgan fingerprint density at radius 3 is 2.65 bits per heavy atom. The molecule has 0 fully saturated rings. The topological polar surface area (TPSA) is 27.1 Å². The van der Waals surface area contributed by atoms with Crippen molar-refractivity contribution in [1.29, 1.82) is 0 Å². The summed E-state index contributed by atoms with van der Waals surface area (Å²) in [6.07, 6.45) is 1.67. The molecule has 17 heavy (non-hydrogen) atoms. The van der Waals surface area contributed by atoms with Gasteiger partial charge in [-0.2, -0.15) is 5.10 Å². The highest BCUT2D eigenvalue weighted by Gasteiger charge is 2.16. The normalized spacial score (nSPS) is 10.9. The van der Waals surface area contributed by atoms with Crippen LogP contribution >= 0.6 is 11.6 Å². The Labute approximate surface area is 106 Å². The van der Waals surface area contributed by atoms with Crippen LogP contribution in [0.2, 0.25) is 5.02 Å². The molecule has 2 aromatic rings. The number of halogens is 1. The maximum atomic E-state index is 6.21. The van der Waals surface area contributed by atoms with Crippen molar-refractivity contribution >= 4 is 11.6 Å². The molecule has 1 aromatic carbocycles. The number of ether oxygens (including phenoxy) is 1. The van der Waals surface area contributed by atoms with E-state index >= 15 is 0 Å². The van der Waals surface area contributed by atoms with Gasteiger partial charge in [-0.1, -0.05) is 23.7 Å². The summed E-state index contributed by atoms with van der Waals surface area (Å²) >= 11 is 6.21. The molecule has 0 amide bonds. The fourth-order valence-corrected chi connectivity index (χ4v) is 2.06. The monoisotopic (exact) mass is 250 g/mol. The average molecular weight is 251 g/mol. The highest BCUT2D eigenvalue weighted by atomic mass is 35.5. The quantitative estimate of drug-likeness (QED) is 0.829. The zero-order chi connectivity index (χ0) is 12.4. The Morgan fingerprint density at radius 1 is 1.29 bits per heavy atom. The van der Waals surface area contributed by atoms with Gasteiger partial charge >= 0.3 is 0 Å². The van der Waals surface area contributed by atoms with E-state index in [-0.39, 0.29) is 6.04 Å². The molecular weight excluding hydrogens is 236 g/mol. The standard InChI is InChI=1S/C13H15ClN2O/c1-9(2)16-13(11(14)8-15-16)10-6-4-5-7-12(10)17-3/h4-9H,1-3H3. The smallest absolute Gasteiger partial charge is 0.128 e. The fraction of sp³-hybridized carbons (Fsp3) is 0.308. The van der Waals surface area contributed by atoms with E-state index in [4.69, 9.17) is 16.3 Å². The molecule has 0 bridgehead atoms. The Morgan fingerprint density at radius 2 is 2.00 bits per heavy atom. The second kappa shape index (κ2) is 4.80. The lowest BCUT2D eigenvalue weighted by Gasteiger charge is -2.14. The van der Waals surface area contributed by atoms with Crippen molar-refractivity contribution in [2.75, 3.05) is 7.11 Å². The van der Waals surface area contributed by atoms with Crippen LogP contribution in [0.4, 0.5) is 0 Å². The van der Waals surface area contributed by atoms with Crippen LogP contribution in [0.3, 0.4) is 0 Å². The van der Waals surface area contributed by atoms with Gasteiger partial charge in [0.1, 0.15) is 5.75 Å². The van der Waals surface area contributed by atoms with Gasteiger partial charge in [0, 0.05) is 11.6 Å². The third-order valence-electron chi connectivity index (χ3n) is 2.60. The van der Waals surface area contributed by atoms with E-state index in [0.717, 1.165) is 17.0 Å². The lowest BCUT2D eigenvalue weighted by molar-refractivity contribution is 0.415. The number of hydrogen-bond donors (Lipinski definition) is 0. The summed E-state index contributed by atoms with van der Waals surface area (Å²) in [5.74, 6) is 0.803. The van der Waals surface area contributed by atoms with E-state index in [2.05, 4.69) is 18.9 Å². The number of rotatable bonds is 3. The zero-order valence-corrected chi connectivity index (χ0v) is 10.9. The van der Waals surface area contributed by atoms with Crippen LogP contribution in [0.25, 0.3) is 11.3 Å². The molecule has 0 saturated heterocycles. The van der Waals surface area contributed by atoms with Gasteiger partial charge in [-0.3, -0.25) is 4.68 Å². The van der Waals surface area contributed by atoms with Crippen molar-refractivity contribution in [2.24, 2.45) is 0 Å². The molecule has 0 spiro atoms. The molecule has 0 radical (unpaired) electrons. The first-order chi connectivity index (χ1) is 8.15. The molecule has 0 atom stereocenters. The Balaban J connectivity index is 2.63. The Kier molecular flexibility index (Phi) is 3.38. The molecule has 0 N–H and O–H groups in total. The van der Waals surface area contributed by atoms with Crippen molar-refractivity contribution in [1.82, 2.24) is 9.78 Å². The van der Waals surface area contributed by atoms with E-state index in [9.17, 15) is 0 Å². The average Bonchev–Trinajstić information content (AvgIpc) is 2.71. The zero-order valence-electron chi connectivity index (χ0n) is 10.1. The van der Waals surface area contributed by atoms with Crippen molar-refractivity contribution in [2.45, 2.75) is 19.9 Å². The molecule has 90 valence electrons. The first kappa shape index (κ1) is 12.0. The van der Waals surface area contributed by atoms with Gasteiger partial charge in [0.05, 0.1) is 24.0 Å². The third kappa shape index (κ3) is 2.15. The lowest BCUT2D eigenvalue weighted by Crippen LogP contribution is -2.05. The number of benzene rings is 1. The van der Waals surface area contributed by atoms with Crippen molar-refractivity contribution < 1.29 is 4.74 Å². The van der Waals surface area contributed by atoms with E-state index in [0.29, 0.717) is 5.02 Å². The summed E-state index contributed by atoms with van der Waals surface area (Å²) in [6.45, 7) is 4.14. The van der Waals surface area contributed by atoms with Crippen LogP contribution in [0.1, 0.15) is 19.9 Å². The van der Waals surface area contributed by atoms with Crippen LogP contribution in [0.5, 0.6) is 5.75 Å². The highest BCUT2D eigenvalue weighted by Crippen LogP contribution is 2.35. The predicted molar refractivity (Wildman–Crippen MR) is 69.6 cm³/mol. The van der Waals surface area contributed by atoms with Gasteiger partial charge in [-0.15, -0.1) is 0 Å². The molecule has 0 aliphatic rings. The van der Waals surface area contributed by atoms with Gasteiger partial charge in [0.25, 0.3) is 0 Å². The first-order valence-corrected chi connectivity index (χ1v) is 5.89. The molecule has 4 heteroatoms. The van der Waals surface area contributed by atoms with Crippen LogP contribution in [0, 0.1) is 0 Å². The molecule has 0 aliphatic carbocycles. The number of methoxy groups -OCH3 is 1. The Bertz CT molecular complexity index is 520. The van der Waals surface area contributed by atoms with Gasteiger partial charge in [-0.05, 0) is 26.0 Å². The molecule has 1 aromatic heterocycles. The van der Waals surface area contributed by atoms with Crippen LogP contribution in [0.15, 0.2) is 30.5 Å². The Hall–Kier alpha value is -1.48. The SMILES string of the molecule is COc1ccccc1-c1c(Cl)cnn1C(C)C. The number of para-hydroxylation sites is 1. The molecule has 0 aliphatic heterocycles. The second-order valence-corrected chi connectivity index (χ2v) is 4.49. The summed E-state index contributed by atoms with van der Waals surface area (Å²) in [6, 6.07) is 8.06. The summed E-state index contributed by atoms with van der Waals surface area (Å²) < 4.78 is 7.26. The van der Waals surface area contributed by atoms with Gasteiger partial charge < -0.3 is 4.74 Å². The predicted octanol–water partition coefficient (Wildman–Crippen LogP) is 3.79. The van der Waals surface area contributed by atoms with E-state index < -0.39 is 0 Å². The fourth-order valence-electron chi connectivity index (χ4n) is 1.83. The minimum Gasteiger partial charge on any atom is -0.496 e. The minimum atomic E-state index is 0.252.